The van der Waals surface area contributed by atoms with Crippen molar-refractivity contribution in [1.29, 1.82) is 0 Å². The van der Waals surface area contributed by atoms with Crippen LogP contribution in [-0.4, -0.2) is 46.4 Å². The van der Waals surface area contributed by atoms with Crippen LogP contribution in [0.25, 0.3) is 0 Å². The first-order valence-corrected chi connectivity index (χ1v) is 9.22. The molecule has 2 saturated heterocycles. The Bertz CT molecular complexity index is 596. The number of nitrogens with zero attached hydrogens (tertiary/aromatic N) is 3. The standard InChI is InChI=1S/C17H27ClN4O2/c1-3-14-13(16(18)21(2)20-14)10-22-7-4-11(5-8-22)15-12(17(19)23)6-9-24-15/h11-12,15H,3-10H2,1-2H3,(H2,19,23)/t12-,15+/m0/s1. The molecule has 0 saturated carbocycles. The topological polar surface area (TPSA) is 73.4 Å². The minimum atomic E-state index is -0.213. The number of hydrogen-bond donors (Lipinski definition) is 1. The molecule has 24 heavy (non-hydrogen) atoms. The van der Waals surface area contributed by atoms with Crippen molar-refractivity contribution in [1.82, 2.24) is 14.7 Å². The molecule has 0 bridgehead atoms. The molecule has 7 heteroatoms. The number of ether oxygens (including phenoxy) is 1. The zero-order valence-electron chi connectivity index (χ0n) is 14.5. The van der Waals surface area contributed by atoms with E-state index in [1.807, 2.05) is 7.05 Å². The maximum Gasteiger partial charge on any atom is 0.223 e. The predicted octanol–water partition coefficient (Wildman–Crippen LogP) is 1.74. The predicted molar refractivity (Wildman–Crippen MR) is 92.6 cm³/mol. The second-order valence-electron chi connectivity index (χ2n) is 6.94. The summed E-state index contributed by atoms with van der Waals surface area (Å²) >= 11 is 6.40. The van der Waals surface area contributed by atoms with Gasteiger partial charge in [0.1, 0.15) is 5.15 Å². The van der Waals surface area contributed by atoms with Crippen LogP contribution in [0, 0.1) is 11.8 Å². The Labute approximate surface area is 148 Å². The van der Waals surface area contributed by atoms with Crippen LogP contribution in [0.2, 0.25) is 5.15 Å². The molecule has 3 heterocycles. The van der Waals surface area contributed by atoms with Crippen molar-refractivity contribution < 1.29 is 9.53 Å². The number of halogens is 1. The largest absolute Gasteiger partial charge is 0.377 e. The van der Waals surface area contributed by atoms with Crippen LogP contribution in [0.1, 0.15) is 37.4 Å². The Morgan fingerprint density at radius 2 is 2.08 bits per heavy atom. The lowest BCUT2D eigenvalue weighted by atomic mass is 9.84. The van der Waals surface area contributed by atoms with E-state index in [9.17, 15) is 4.79 Å². The van der Waals surface area contributed by atoms with Gasteiger partial charge < -0.3 is 10.5 Å². The van der Waals surface area contributed by atoms with Crippen molar-refractivity contribution in [2.45, 2.75) is 45.3 Å². The number of carbonyl (C=O) groups is 1. The third-order valence-electron chi connectivity index (χ3n) is 5.47. The summed E-state index contributed by atoms with van der Waals surface area (Å²) in [5.41, 5.74) is 7.75. The number of piperidine rings is 1. The average molecular weight is 355 g/mol. The van der Waals surface area contributed by atoms with E-state index >= 15 is 0 Å². The number of hydrogen-bond acceptors (Lipinski definition) is 4. The van der Waals surface area contributed by atoms with Crippen LogP contribution >= 0.6 is 11.6 Å². The molecule has 3 rings (SSSR count). The first kappa shape index (κ1) is 17.7. The number of primary amides is 1. The summed E-state index contributed by atoms with van der Waals surface area (Å²) in [6.07, 6.45) is 3.74. The molecule has 1 amide bonds. The van der Waals surface area contributed by atoms with E-state index < -0.39 is 0 Å². The number of aryl methyl sites for hydroxylation is 2. The monoisotopic (exact) mass is 354 g/mol. The van der Waals surface area contributed by atoms with Gasteiger partial charge in [-0.2, -0.15) is 5.10 Å². The summed E-state index contributed by atoms with van der Waals surface area (Å²) in [6.45, 7) is 5.58. The van der Waals surface area contributed by atoms with Gasteiger partial charge in [0.25, 0.3) is 0 Å². The molecule has 0 radical (unpaired) electrons. The number of amides is 1. The molecular formula is C17H27ClN4O2. The molecule has 0 aliphatic carbocycles. The molecule has 2 fully saturated rings. The molecule has 0 spiro atoms. The van der Waals surface area contributed by atoms with Crippen LogP contribution in [0.3, 0.4) is 0 Å². The smallest absolute Gasteiger partial charge is 0.223 e. The summed E-state index contributed by atoms with van der Waals surface area (Å²) in [7, 11) is 1.89. The van der Waals surface area contributed by atoms with Crippen LogP contribution in [-0.2, 0) is 29.5 Å². The maximum absolute atomic E-state index is 11.6. The Morgan fingerprint density at radius 3 is 2.71 bits per heavy atom. The molecule has 0 unspecified atom stereocenters. The second kappa shape index (κ2) is 7.42. The van der Waals surface area contributed by atoms with E-state index in [0.29, 0.717) is 12.5 Å². The second-order valence-corrected chi connectivity index (χ2v) is 7.30. The minimum Gasteiger partial charge on any atom is -0.377 e. The Morgan fingerprint density at radius 1 is 1.38 bits per heavy atom. The first-order valence-electron chi connectivity index (χ1n) is 8.84. The van der Waals surface area contributed by atoms with Crippen molar-refractivity contribution in [3.8, 4) is 0 Å². The fourth-order valence-corrected chi connectivity index (χ4v) is 4.29. The highest BCUT2D eigenvalue weighted by Crippen LogP contribution is 2.33. The van der Waals surface area contributed by atoms with Gasteiger partial charge in [-0.25, -0.2) is 0 Å². The van der Waals surface area contributed by atoms with Crippen molar-refractivity contribution in [2.24, 2.45) is 24.6 Å². The number of aromatic nitrogens is 2. The zero-order chi connectivity index (χ0) is 17.3. The summed E-state index contributed by atoms with van der Waals surface area (Å²) in [5.74, 6) is 0.104. The van der Waals surface area contributed by atoms with Crippen LogP contribution in [0.4, 0.5) is 0 Å². The number of nitrogens with two attached hydrogens (primary N) is 1. The van der Waals surface area contributed by atoms with Crippen LogP contribution in [0.5, 0.6) is 0 Å². The summed E-state index contributed by atoms with van der Waals surface area (Å²) in [6, 6.07) is 0. The van der Waals surface area contributed by atoms with Crippen LogP contribution < -0.4 is 5.73 Å². The lowest BCUT2D eigenvalue weighted by molar-refractivity contribution is -0.124. The molecule has 1 aromatic rings. The van der Waals surface area contributed by atoms with Crippen molar-refractivity contribution in [3.63, 3.8) is 0 Å². The summed E-state index contributed by atoms with van der Waals surface area (Å²) in [5, 5.41) is 5.23. The van der Waals surface area contributed by atoms with Crippen molar-refractivity contribution >= 4 is 17.5 Å². The van der Waals surface area contributed by atoms with Gasteiger partial charge in [-0.15, -0.1) is 0 Å². The van der Waals surface area contributed by atoms with Crippen LogP contribution in [0.15, 0.2) is 0 Å². The highest BCUT2D eigenvalue weighted by Gasteiger charge is 2.39. The number of rotatable bonds is 5. The van der Waals surface area contributed by atoms with Gasteiger partial charge in [-0.3, -0.25) is 14.4 Å². The van der Waals surface area contributed by atoms with Gasteiger partial charge in [0.2, 0.25) is 5.91 Å². The molecule has 6 nitrogen and oxygen atoms in total. The maximum atomic E-state index is 11.6. The molecule has 2 aliphatic rings. The number of carbonyl (C=O) groups excluding carboxylic acids is 1. The minimum absolute atomic E-state index is 0.0119. The SMILES string of the molecule is CCc1nn(C)c(Cl)c1CN1CCC([C@H]2OCC[C@@H]2C(N)=O)CC1. The van der Waals surface area contributed by atoms with Gasteiger partial charge in [-0.05, 0) is 44.7 Å². The summed E-state index contributed by atoms with van der Waals surface area (Å²) < 4.78 is 7.58. The van der Waals surface area contributed by atoms with E-state index in [1.54, 1.807) is 4.68 Å². The highest BCUT2D eigenvalue weighted by atomic mass is 35.5. The Hall–Kier alpha value is -1.11. The third kappa shape index (κ3) is 3.46. The van der Waals surface area contributed by atoms with E-state index in [-0.39, 0.29) is 17.9 Å². The Balaban J connectivity index is 1.59. The van der Waals surface area contributed by atoms with Gasteiger partial charge in [0, 0.05) is 25.8 Å². The Kier molecular flexibility index (Phi) is 5.47. The molecule has 2 N–H and O–H groups in total. The molecule has 2 atom stereocenters. The molecule has 2 aliphatic heterocycles. The first-order chi connectivity index (χ1) is 11.5. The van der Waals surface area contributed by atoms with Gasteiger partial charge in [0.15, 0.2) is 0 Å². The van der Waals surface area contributed by atoms with Gasteiger partial charge in [0.05, 0.1) is 17.7 Å². The van der Waals surface area contributed by atoms with E-state index in [2.05, 4.69) is 16.9 Å². The van der Waals surface area contributed by atoms with Gasteiger partial charge >= 0.3 is 0 Å². The molecule has 134 valence electrons. The lowest BCUT2D eigenvalue weighted by Gasteiger charge is -2.35. The van der Waals surface area contributed by atoms with Crippen molar-refractivity contribution in [2.75, 3.05) is 19.7 Å². The third-order valence-corrected chi connectivity index (χ3v) is 5.94. The summed E-state index contributed by atoms with van der Waals surface area (Å²) in [4.78, 5) is 14.0. The van der Waals surface area contributed by atoms with Gasteiger partial charge in [-0.1, -0.05) is 18.5 Å². The molecular weight excluding hydrogens is 328 g/mol. The van der Waals surface area contributed by atoms with E-state index in [4.69, 9.17) is 22.1 Å². The molecule has 1 aromatic heterocycles. The number of likely N-dealkylation sites (tertiary alicyclic amines) is 1. The van der Waals surface area contributed by atoms with E-state index in [1.165, 1.54) is 0 Å². The van der Waals surface area contributed by atoms with Crippen molar-refractivity contribution in [3.05, 3.63) is 16.4 Å². The lowest BCUT2D eigenvalue weighted by Crippen LogP contribution is -2.42. The normalized spacial score (nSPS) is 26.1. The quantitative estimate of drug-likeness (QED) is 0.874. The fraction of sp³-hybridized carbons (Fsp3) is 0.765. The zero-order valence-corrected chi connectivity index (χ0v) is 15.3. The fourth-order valence-electron chi connectivity index (χ4n) is 4.08. The molecule has 0 aromatic carbocycles. The highest BCUT2D eigenvalue weighted by molar-refractivity contribution is 6.30. The average Bonchev–Trinajstić information content (AvgIpc) is 3.16. The van der Waals surface area contributed by atoms with E-state index in [0.717, 1.165) is 61.7 Å².